The van der Waals surface area contributed by atoms with Gasteiger partial charge in [-0.1, -0.05) is 12.1 Å². The van der Waals surface area contributed by atoms with Crippen molar-refractivity contribution >= 4 is 0 Å². The number of benzene rings is 1. The Kier molecular flexibility index (Phi) is 4.38. The summed E-state index contributed by atoms with van der Waals surface area (Å²) in [5.41, 5.74) is 2.62. The highest BCUT2D eigenvalue weighted by Crippen LogP contribution is 2.26. The lowest BCUT2D eigenvalue weighted by molar-refractivity contribution is -0.0157. The predicted octanol–water partition coefficient (Wildman–Crippen LogP) is 2.92. The van der Waals surface area contributed by atoms with Crippen molar-refractivity contribution < 1.29 is 9.13 Å². The van der Waals surface area contributed by atoms with E-state index in [-0.39, 0.29) is 11.9 Å². The summed E-state index contributed by atoms with van der Waals surface area (Å²) in [6.07, 6.45) is 3.86. The number of aromatic nitrogens is 3. The minimum absolute atomic E-state index is 0.201. The van der Waals surface area contributed by atoms with Crippen molar-refractivity contribution in [3.8, 4) is 5.69 Å². The molecule has 1 aliphatic heterocycles. The maximum absolute atomic E-state index is 13.9. The van der Waals surface area contributed by atoms with Crippen LogP contribution in [0, 0.1) is 5.82 Å². The molecular weight excluding hydrogens is 319 g/mol. The highest BCUT2D eigenvalue weighted by Gasteiger charge is 2.26. The van der Waals surface area contributed by atoms with Gasteiger partial charge >= 0.3 is 0 Å². The van der Waals surface area contributed by atoms with E-state index in [1.807, 2.05) is 18.3 Å². The molecule has 5 nitrogen and oxygen atoms in total. The summed E-state index contributed by atoms with van der Waals surface area (Å²) in [4.78, 5) is 2.37. The summed E-state index contributed by atoms with van der Waals surface area (Å²) >= 11 is 0. The zero-order valence-electron chi connectivity index (χ0n) is 14.2. The fraction of sp³-hybridized carbons (Fsp3) is 0.316. The Morgan fingerprint density at radius 3 is 2.84 bits per heavy atom. The number of rotatable bonds is 4. The van der Waals surface area contributed by atoms with Crippen LogP contribution in [0.1, 0.15) is 17.4 Å². The van der Waals surface area contributed by atoms with Crippen LogP contribution >= 0.6 is 0 Å². The van der Waals surface area contributed by atoms with Crippen molar-refractivity contribution in [1.82, 2.24) is 19.2 Å². The number of halogens is 1. The third kappa shape index (κ3) is 3.23. The number of hydrogen-bond donors (Lipinski definition) is 0. The van der Waals surface area contributed by atoms with Gasteiger partial charge in [0.25, 0.3) is 0 Å². The van der Waals surface area contributed by atoms with Crippen LogP contribution in [0.3, 0.4) is 0 Å². The molecule has 1 aromatic carbocycles. The van der Waals surface area contributed by atoms with E-state index >= 15 is 0 Å². The molecular formula is C19H21FN4O. The van der Waals surface area contributed by atoms with Crippen LogP contribution in [0.4, 0.5) is 4.39 Å². The van der Waals surface area contributed by atoms with Crippen LogP contribution in [0.25, 0.3) is 5.69 Å². The van der Waals surface area contributed by atoms with Crippen LogP contribution in [-0.2, 0) is 18.3 Å². The number of hydrogen-bond acceptors (Lipinski definition) is 3. The van der Waals surface area contributed by atoms with E-state index in [0.717, 1.165) is 18.8 Å². The molecule has 0 unspecified atom stereocenters. The van der Waals surface area contributed by atoms with Gasteiger partial charge in [0.1, 0.15) is 11.5 Å². The molecule has 0 spiro atoms. The van der Waals surface area contributed by atoms with Gasteiger partial charge in [-0.05, 0) is 30.3 Å². The quantitative estimate of drug-likeness (QED) is 0.732. The van der Waals surface area contributed by atoms with Gasteiger partial charge in [0, 0.05) is 38.2 Å². The second-order valence-corrected chi connectivity index (χ2v) is 6.31. The zero-order valence-corrected chi connectivity index (χ0v) is 14.2. The molecule has 0 radical (unpaired) electrons. The van der Waals surface area contributed by atoms with Gasteiger partial charge in [0.05, 0.1) is 24.9 Å². The first kappa shape index (κ1) is 16.1. The van der Waals surface area contributed by atoms with E-state index in [4.69, 9.17) is 4.74 Å². The summed E-state index contributed by atoms with van der Waals surface area (Å²) in [6, 6.07) is 13.0. The van der Waals surface area contributed by atoms with Gasteiger partial charge in [-0.3, -0.25) is 4.90 Å². The fourth-order valence-corrected chi connectivity index (χ4v) is 3.35. The van der Waals surface area contributed by atoms with E-state index in [1.165, 1.54) is 11.8 Å². The second kappa shape index (κ2) is 6.82. The average molecular weight is 340 g/mol. The molecule has 1 atom stereocenters. The van der Waals surface area contributed by atoms with Gasteiger partial charge < -0.3 is 9.30 Å². The molecule has 0 saturated carbocycles. The third-order valence-electron chi connectivity index (χ3n) is 4.67. The lowest BCUT2D eigenvalue weighted by Gasteiger charge is -2.35. The molecule has 3 heterocycles. The van der Waals surface area contributed by atoms with E-state index in [9.17, 15) is 4.39 Å². The van der Waals surface area contributed by atoms with Crippen molar-refractivity contribution in [3.05, 3.63) is 72.1 Å². The van der Waals surface area contributed by atoms with Crippen molar-refractivity contribution in [2.75, 3.05) is 19.8 Å². The summed E-state index contributed by atoms with van der Waals surface area (Å²) < 4.78 is 23.4. The van der Waals surface area contributed by atoms with Crippen molar-refractivity contribution in [2.24, 2.45) is 7.05 Å². The Hall–Kier alpha value is -2.44. The van der Waals surface area contributed by atoms with Gasteiger partial charge in [0.15, 0.2) is 0 Å². The molecule has 1 saturated heterocycles. The first-order valence-corrected chi connectivity index (χ1v) is 8.45. The summed E-state index contributed by atoms with van der Waals surface area (Å²) in [7, 11) is 2.05. The monoisotopic (exact) mass is 340 g/mol. The van der Waals surface area contributed by atoms with Gasteiger partial charge in [-0.2, -0.15) is 5.10 Å². The van der Waals surface area contributed by atoms with Crippen LogP contribution in [0.15, 0.2) is 54.9 Å². The lowest BCUT2D eigenvalue weighted by Crippen LogP contribution is -2.39. The molecule has 0 aliphatic carbocycles. The number of aryl methyl sites for hydroxylation is 1. The first-order valence-electron chi connectivity index (χ1n) is 8.45. The number of ether oxygens (including phenoxy) is 1. The highest BCUT2D eigenvalue weighted by molar-refractivity contribution is 5.32. The molecule has 0 amide bonds. The maximum Gasteiger partial charge on any atom is 0.148 e. The molecule has 1 aliphatic rings. The Morgan fingerprint density at radius 2 is 2.04 bits per heavy atom. The molecule has 3 aromatic rings. The lowest BCUT2D eigenvalue weighted by atomic mass is 10.1. The summed E-state index contributed by atoms with van der Waals surface area (Å²) in [6.45, 7) is 2.95. The van der Waals surface area contributed by atoms with Crippen LogP contribution in [0.5, 0.6) is 0 Å². The Labute approximate surface area is 146 Å². The summed E-state index contributed by atoms with van der Waals surface area (Å²) in [5.74, 6) is -0.273. The summed E-state index contributed by atoms with van der Waals surface area (Å²) in [5, 5.41) is 4.56. The van der Waals surface area contributed by atoms with Crippen LogP contribution in [0.2, 0.25) is 0 Å². The zero-order chi connectivity index (χ0) is 17.2. The molecule has 0 N–H and O–H groups in total. The molecule has 6 heteroatoms. The first-order chi connectivity index (χ1) is 12.2. The Bertz CT molecular complexity index is 856. The van der Waals surface area contributed by atoms with E-state index in [2.05, 4.69) is 39.9 Å². The van der Waals surface area contributed by atoms with Crippen molar-refractivity contribution in [3.63, 3.8) is 0 Å². The van der Waals surface area contributed by atoms with Gasteiger partial charge in [0.2, 0.25) is 0 Å². The molecule has 4 rings (SSSR count). The Balaban J connectivity index is 1.55. The Morgan fingerprint density at radius 1 is 1.16 bits per heavy atom. The minimum Gasteiger partial charge on any atom is -0.378 e. The van der Waals surface area contributed by atoms with E-state index in [0.29, 0.717) is 18.8 Å². The van der Waals surface area contributed by atoms with Gasteiger partial charge in [-0.25, -0.2) is 9.07 Å². The average Bonchev–Trinajstić information content (AvgIpc) is 3.25. The SMILES string of the molecule is Cn1cccc1[C@@H]1COCCN1Cc1ccn(-c2ccccc2F)n1. The normalized spacial score (nSPS) is 18.6. The minimum atomic E-state index is -0.273. The largest absolute Gasteiger partial charge is 0.378 e. The van der Waals surface area contributed by atoms with Crippen LogP contribution in [-0.4, -0.2) is 39.0 Å². The maximum atomic E-state index is 13.9. The fourth-order valence-electron chi connectivity index (χ4n) is 3.35. The van der Waals surface area contributed by atoms with Crippen LogP contribution < -0.4 is 0 Å². The molecule has 1 fully saturated rings. The van der Waals surface area contributed by atoms with Gasteiger partial charge in [-0.15, -0.1) is 0 Å². The topological polar surface area (TPSA) is 35.2 Å². The third-order valence-corrected chi connectivity index (χ3v) is 4.67. The molecule has 25 heavy (non-hydrogen) atoms. The number of morpholine rings is 1. The van der Waals surface area contributed by atoms with Crippen molar-refractivity contribution in [1.29, 1.82) is 0 Å². The molecule has 130 valence electrons. The molecule has 0 bridgehead atoms. The number of nitrogens with zero attached hydrogens (tertiary/aromatic N) is 4. The van der Waals surface area contributed by atoms with E-state index < -0.39 is 0 Å². The molecule has 2 aromatic heterocycles. The highest BCUT2D eigenvalue weighted by atomic mass is 19.1. The second-order valence-electron chi connectivity index (χ2n) is 6.31. The standard InChI is InChI=1S/C19H21FN4O/c1-22-9-4-7-18(22)19-14-25-12-11-23(19)13-15-8-10-24(21-15)17-6-3-2-5-16(17)20/h2-10,19H,11-14H2,1H3/t19-/m0/s1. The van der Waals surface area contributed by atoms with E-state index in [1.54, 1.807) is 16.8 Å². The number of para-hydroxylation sites is 1. The van der Waals surface area contributed by atoms with Crippen molar-refractivity contribution in [2.45, 2.75) is 12.6 Å². The smallest absolute Gasteiger partial charge is 0.148 e. The predicted molar refractivity (Wildman–Crippen MR) is 92.9 cm³/mol.